The van der Waals surface area contributed by atoms with Gasteiger partial charge in [0.2, 0.25) is 0 Å². The van der Waals surface area contributed by atoms with Gasteiger partial charge >= 0.3 is 0 Å². The Hall–Kier alpha value is -7.04. The van der Waals surface area contributed by atoms with Crippen LogP contribution in [0, 0.1) is 0 Å². The first-order valence-electron chi connectivity index (χ1n) is 17.7. The number of aromatic nitrogens is 2. The van der Waals surface area contributed by atoms with Crippen molar-refractivity contribution in [2.45, 2.75) is 0 Å². The molecule has 0 spiro atoms. The summed E-state index contributed by atoms with van der Waals surface area (Å²) in [6.07, 6.45) is 0. The molecule has 0 fully saturated rings. The zero-order valence-electron chi connectivity index (χ0n) is 27.9. The van der Waals surface area contributed by atoms with Crippen LogP contribution < -0.4 is 0 Å². The molecule has 0 bridgehead atoms. The molecule has 0 atom stereocenters. The smallest absolute Gasteiger partial charge is 0.143 e. The highest BCUT2D eigenvalue weighted by Gasteiger charge is 2.22. The second kappa shape index (κ2) is 10.3. The fourth-order valence-corrected chi connectivity index (χ4v) is 8.73. The lowest BCUT2D eigenvalue weighted by molar-refractivity contribution is 0.665. The molecule has 4 heterocycles. The molecule has 0 amide bonds. The van der Waals surface area contributed by atoms with Crippen LogP contribution in [0.25, 0.3) is 110 Å². The van der Waals surface area contributed by atoms with Crippen molar-refractivity contribution in [3.8, 4) is 22.5 Å². The minimum atomic E-state index is 0.856. The number of rotatable bonds is 3. The van der Waals surface area contributed by atoms with Crippen molar-refractivity contribution in [2.24, 2.45) is 0 Å². The van der Waals surface area contributed by atoms with Crippen molar-refractivity contribution in [3.05, 3.63) is 170 Å². The van der Waals surface area contributed by atoms with Gasteiger partial charge in [-0.2, -0.15) is 0 Å². The molecule has 12 rings (SSSR count). The van der Waals surface area contributed by atoms with E-state index >= 15 is 0 Å². The molecule has 4 nitrogen and oxygen atoms in total. The molecule has 0 saturated heterocycles. The standard InChI is InChI=1S/C48H28N2O2/c1-2-12-29(13-3-1)49-41-22-8-5-16-38(41)45-42(49)26-25-33-31-14-4-7-21-40(31)50(46(33)45)30-24-27-44-39(28-30)37-20-11-19-36(48(37)52-44)35-18-10-17-34-32-15-6-9-23-43(32)51-47(34)35/h1-28H. The highest BCUT2D eigenvalue weighted by atomic mass is 16.3. The number of para-hydroxylation sites is 6. The maximum atomic E-state index is 6.73. The molecule has 4 heteroatoms. The zero-order chi connectivity index (χ0) is 33.9. The van der Waals surface area contributed by atoms with Crippen LogP contribution in [-0.2, 0) is 0 Å². The average molecular weight is 665 g/mol. The summed E-state index contributed by atoms with van der Waals surface area (Å²) in [5, 5.41) is 9.32. The molecule has 52 heavy (non-hydrogen) atoms. The molecular formula is C48H28N2O2. The first-order chi connectivity index (χ1) is 25.8. The number of furan rings is 2. The molecule has 0 aliphatic carbocycles. The van der Waals surface area contributed by atoms with E-state index < -0.39 is 0 Å². The monoisotopic (exact) mass is 664 g/mol. The fraction of sp³-hybridized carbons (Fsp3) is 0. The third-order valence-corrected chi connectivity index (χ3v) is 10.9. The van der Waals surface area contributed by atoms with Crippen LogP contribution in [0.15, 0.2) is 179 Å². The second-order valence-corrected chi connectivity index (χ2v) is 13.6. The van der Waals surface area contributed by atoms with Gasteiger partial charge in [0.15, 0.2) is 0 Å². The van der Waals surface area contributed by atoms with Gasteiger partial charge in [0.1, 0.15) is 22.3 Å². The van der Waals surface area contributed by atoms with Crippen LogP contribution in [0.1, 0.15) is 0 Å². The van der Waals surface area contributed by atoms with E-state index in [-0.39, 0.29) is 0 Å². The van der Waals surface area contributed by atoms with Gasteiger partial charge in [-0.05, 0) is 54.6 Å². The summed E-state index contributed by atoms with van der Waals surface area (Å²) < 4.78 is 18.0. The minimum absolute atomic E-state index is 0.856. The van der Waals surface area contributed by atoms with Crippen molar-refractivity contribution >= 4 is 87.5 Å². The Balaban J connectivity index is 1.15. The van der Waals surface area contributed by atoms with Gasteiger partial charge in [0, 0.05) is 65.6 Å². The minimum Gasteiger partial charge on any atom is -0.455 e. The van der Waals surface area contributed by atoms with E-state index in [0.29, 0.717) is 0 Å². The Morgan fingerprint density at radius 1 is 0.327 bits per heavy atom. The molecule has 4 aromatic heterocycles. The largest absolute Gasteiger partial charge is 0.455 e. The summed E-state index contributed by atoms with van der Waals surface area (Å²) in [4.78, 5) is 0. The third kappa shape index (κ3) is 3.65. The first-order valence-corrected chi connectivity index (χ1v) is 17.7. The first kappa shape index (κ1) is 27.7. The lowest BCUT2D eigenvalue weighted by Crippen LogP contribution is -1.95. The Morgan fingerprint density at radius 2 is 0.923 bits per heavy atom. The molecule has 242 valence electrons. The van der Waals surface area contributed by atoms with Gasteiger partial charge in [0.05, 0.1) is 22.1 Å². The third-order valence-electron chi connectivity index (χ3n) is 10.9. The van der Waals surface area contributed by atoms with E-state index in [1.54, 1.807) is 0 Å². The normalized spacial score (nSPS) is 12.2. The summed E-state index contributed by atoms with van der Waals surface area (Å²) in [5.74, 6) is 0. The van der Waals surface area contributed by atoms with Crippen LogP contribution in [0.3, 0.4) is 0 Å². The molecule has 0 unspecified atom stereocenters. The number of nitrogens with zero attached hydrogens (tertiary/aromatic N) is 2. The topological polar surface area (TPSA) is 36.1 Å². The van der Waals surface area contributed by atoms with Crippen LogP contribution in [0.4, 0.5) is 0 Å². The zero-order valence-corrected chi connectivity index (χ0v) is 27.9. The maximum Gasteiger partial charge on any atom is 0.143 e. The number of hydrogen-bond acceptors (Lipinski definition) is 2. The van der Waals surface area contributed by atoms with Gasteiger partial charge < -0.3 is 18.0 Å². The highest BCUT2D eigenvalue weighted by molar-refractivity contribution is 6.26. The van der Waals surface area contributed by atoms with Crippen molar-refractivity contribution in [3.63, 3.8) is 0 Å². The quantitative estimate of drug-likeness (QED) is 0.188. The molecule has 0 aliphatic rings. The molecule has 0 aliphatic heterocycles. The summed E-state index contributed by atoms with van der Waals surface area (Å²) in [6.45, 7) is 0. The van der Waals surface area contributed by atoms with E-state index in [2.05, 4.69) is 167 Å². The van der Waals surface area contributed by atoms with E-state index in [4.69, 9.17) is 8.83 Å². The molecule has 0 saturated carbocycles. The molecule has 0 radical (unpaired) electrons. The Kier molecular flexibility index (Phi) is 5.47. The fourth-order valence-electron chi connectivity index (χ4n) is 8.73. The van der Waals surface area contributed by atoms with Crippen molar-refractivity contribution in [2.75, 3.05) is 0 Å². The predicted molar refractivity (Wildman–Crippen MR) is 215 cm³/mol. The number of benzene rings is 8. The number of fused-ring (bicyclic) bond motifs is 13. The predicted octanol–water partition coefficient (Wildman–Crippen LogP) is 13.3. The summed E-state index contributed by atoms with van der Waals surface area (Å²) in [5.41, 5.74) is 12.5. The van der Waals surface area contributed by atoms with Crippen LogP contribution >= 0.6 is 0 Å². The highest BCUT2D eigenvalue weighted by Crippen LogP contribution is 2.44. The molecular weight excluding hydrogens is 637 g/mol. The molecule has 8 aromatic carbocycles. The Labute approximate surface area is 296 Å². The van der Waals surface area contributed by atoms with E-state index in [9.17, 15) is 0 Å². The lowest BCUT2D eigenvalue weighted by Gasteiger charge is -2.10. The molecule has 12 aromatic rings. The lowest BCUT2D eigenvalue weighted by atomic mass is 10.00. The number of hydrogen-bond donors (Lipinski definition) is 0. The summed E-state index contributed by atoms with van der Waals surface area (Å²) >= 11 is 0. The van der Waals surface area contributed by atoms with E-state index in [1.807, 2.05) is 12.1 Å². The van der Waals surface area contributed by atoms with Gasteiger partial charge in [-0.1, -0.05) is 115 Å². The second-order valence-electron chi connectivity index (χ2n) is 13.6. The Bertz CT molecular complexity index is 3410. The van der Waals surface area contributed by atoms with Gasteiger partial charge in [-0.3, -0.25) is 0 Å². The maximum absolute atomic E-state index is 6.73. The van der Waals surface area contributed by atoms with Crippen molar-refractivity contribution in [1.29, 1.82) is 0 Å². The van der Waals surface area contributed by atoms with Crippen LogP contribution in [0.5, 0.6) is 0 Å². The summed E-state index contributed by atoms with van der Waals surface area (Å²) in [7, 11) is 0. The van der Waals surface area contributed by atoms with E-state index in [0.717, 1.165) is 66.4 Å². The van der Waals surface area contributed by atoms with Gasteiger partial charge in [0.25, 0.3) is 0 Å². The van der Waals surface area contributed by atoms with Gasteiger partial charge in [-0.15, -0.1) is 0 Å². The van der Waals surface area contributed by atoms with Crippen LogP contribution in [0.2, 0.25) is 0 Å². The van der Waals surface area contributed by atoms with Crippen molar-refractivity contribution < 1.29 is 8.83 Å². The summed E-state index contributed by atoms with van der Waals surface area (Å²) in [6, 6.07) is 60.5. The van der Waals surface area contributed by atoms with Gasteiger partial charge in [-0.25, -0.2) is 0 Å². The SMILES string of the molecule is c1ccc(-n2c3ccccc3c3c2ccc2c4ccccc4n(-c4ccc5oc6c(-c7cccc8c7oc7ccccc78)cccc6c5c4)c23)cc1. The molecule has 0 N–H and O–H groups in total. The van der Waals surface area contributed by atoms with E-state index in [1.165, 1.54) is 43.6 Å². The van der Waals surface area contributed by atoms with Crippen LogP contribution in [-0.4, -0.2) is 9.13 Å². The van der Waals surface area contributed by atoms with Crippen molar-refractivity contribution in [1.82, 2.24) is 9.13 Å². The average Bonchev–Trinajstić information content (AvgIpc) is 3.95. The Morgan fingerprint density at radius 3 is 1.69 bits per heavy atom.